The van der Waals surface area contributed by atoms with Gasteiger partial charge in [-0.15, -0.1) is 0 Å². The molecule has 0 atom stereocenters. The van der Waals surface area contributed by atoms with Crippen LogP contribution in [0.3, 0.4) is 0 Å². The quantitative estimate of drug-likeness (QED) is 0.618. The molecule has 6 heteroatoms. The lowest BCUT2D eigenvalue weighted by Crippen LogP contribution is -2.00. The van der Waals surface area contributed by atoms with Crippen molar-refractivity contribution in [2.75, 3.05) is 26.6 Å². The van der Waals surface area contributed by atoms with Crippen LogP contribution in [0.25, 0.3) is 11.3 Å². The highest BCUT2D eigenvalue weighted by Gasteiger charge is 2.14. The lowest BCUT2D eigenvalue weighted by molar-refractivity contribution is 0.324. The van der Waals surface area contributed by atoms with E-state index < -0.39 is 0 Å². The van der Waals surface area contributed by atoms with E-state index in [0.717, 1.165) is 22.5 Å². The largest absolute Gasteiger partial charge is 0.493 e. The zero-order chi connectivity index (χ0) is 19.2. The predicted molar refractivity (Wildman–Crippen MR) is 108 cm³/mol. The molecular formula is C21H21ClN2O3. The Morgan fingerprint density at radius 1 is 0.889 bits per heavy atom. The predicted octanol–water partition coefficient (Wildman–Crippen LogP) is 5.04. The standard InChI is InChI=1S/C21H21ClN2O3/c1-25-19-11-15(12-20(26-2)21(19)27-3)18-10-14(8-9-23-18)13-24-17-6-4-16(22)5-7-17/h4-12,24H,13H2,1-3H3. The number of benzene rings is 2. The van der Waals surface area contributed by atoms with Gasteiger partial charge in [0.1, 0.15) is 0 Å². The number of nitrogens with zero attached hydrogens (tertiary/aromatic N) is 1. The van der Waals surface area contributed by atoms with Gasteiger partial charge < -0.3 is 19.5 Å². The summed E-state index contributed by atoms with van der Waals surface area (Å²) >= 11 is 5.92. The van der Waals surface area contributed by atoms with Crippen molar-refractivity contribution in [1.82, 2.24) is 4.98 Å². The summed E-state index contributed by atoms with van der Waals surface area (Å²) in [7, 11) is 4.78. The highest BCUT2D eigenvalue weighted by molar-refractivity contribution is 6.30. The minimum Gasteiger partial charge on any atom is -0.493 e. The Hall–Kier alpha value is -2.92. The summed E-state index contributed by atoms with van der Waals surface area (Å²) in [6.07, 6.45) is 1.79. The molecule has 140 valence electrons. The summed E-state index contributed by atoms with van der Waals surface area (Å²) in [6.45, 7) is 0.668. The zero-order valence-corrected chi connectivity index (χ0v) is 16.2. The summed E-state index contributed by atoms with van der Waals surface area (Å²) < 4.78 is 16.2. The van der Waals surface area contributed by atoms with Crippen LogP contribution in [0.2, 0.25) is 5.02 Å². The molecule has 1 N–H and O–H groups in total. The number of hydrogen-bond donors (Lipinski definition) is 1. The number of halogens is 1. The summed E-state index contributed by atoms with van der Waals surface area (Å²) in [5.41, 5.74) is 3.82. The third-order valence-corrected chi connectivity index (χ3v) is 4.38. The van der Waals surface area contributed by atoms with Crippen LogP contribution in [-0.4, -0.2) is 26.3 Å². The first-order valence-corrected chi connectivity index (χ1v) is 8.77. The van der Waals surface area contributed by atoms with Crippen molar-refractivity contribution in [3.63, 3.8) is 0 Å². The van der Waals surface area contributed by atoms with Gasteiger partial charge in [0.2, 0.25) is 5.75 Å². The number of ether oxygens (including phenoxy) is 3. The topological polar surface area (TPSA) is 52.6 Å². The minimum absolute atomic E-state index is 0.560. The van der Waals surface area contributed by atoms with E-state index in [9.17, 15) is 0 Å². The van der Waals surface area contributed by atoms with Crippen LogP contribution in [0.15, 0.2) is 54.7 Å². The van der Waals surface area contributed by atoms with Crippen molar-refractivity contribution in [3.05, 3.63) is 65.3 Å². The molecule has 0 aliphatic rings. The monoisotopic (exact) mass is 384 g/mol. The van der Waals surface area contributed by atoms with Crippen LogP contribution < -0.4 is 19.5 Å². The van der Waals surface area contributed by atoms with Gasteiger partial charge in [-0.05, 0) is 54.1 Å². The van der Waals surface area contributed by atoms with Crippen LogP contribution >= 0.6 is 11.6 Å². The average Bonchev–Trinajstić information content (AvgIpc) is 2.72. The molecule has 27 heavy (non-hydrogen) atoms. The van der Waals surface area contributed by atoms with E-state index in [2.05, 4.69) is 10.3 Å². The fourth-order valence-electron chi connectivity index (χ4n) is 2.74. The first kappa shape index (κ1) is 18.9. The molecule has 0 spiro atoms. The number of aromatic nitrogens is 1. The molecule has 2 aromatic carbocycles. The van der Waals surface area contributed by atoms with Crippen LogP contribution in [0.4, 0.5) is 5.69 Å². The molecule has 1 heterocycles. The van der Waals surface area contributed by atoms with E-state index in [-0.39, 0.29) is 0 Å². The number of anilines is 1. The number of pyridine rings is 1. The Kier molecular flexibility index (Phi) is 6.04. The average molecular weight is 385 g/mol. The van der Waals surface area contributed by atoms with E-state index in [1.165, 1.54) is 0 Å². The number of hydrogen-bond acceptors (Lipinski definition) is 5. The molecular weight excluding hydrogens is 364 g/mol. The molecule has 1 aromatic heterocycles. The summed E-state index contributed by atoms with van der Waals surface area (Å²) in [6, 6.07) is 15.4. The van der Waals surface area contributed by atoms with Crippen molar-refractivity contribution < 1.29 is 14.2 Å². The number of nitrogens with one attached hydrogen (secondary N) is 1. The highest BCUT2D eigenvalue weighted by Crippen LogP contribution is 2.40. The zero-order valence-electron chi connectivity index (χ0n) is 15.5. The molecule has 0 aliphatic heterocycles. The van der Waals surface area contributed by atoms with Crippen LogP contribution in [0.1, 0.15) is 5.56 Å². The smallest absolute Gasteiger partial charge is 0.203 e. The Morgan fingerprint density at radius 2 is 1.56 bits per heavy atom. The van der Waals surface area contributed by atoms with Gasteiger partial charge in [-0.3, -0.25) is 4.98 Å². The molecule has 0 saturated carbocycles. The lowest BCUT2D eigenvalue weighted by atomic mass is 10.1. The molecule has 0 saturated heterocycles. The molecule has 0 unspecified atom stereocenters. The second-order valence-corrected chi connectivity index (χ2v) is 6.26. The Balaban J connectivity index is 1.85. The summed E-state index contributed by atoms with van der Waals surface area (Å²) in [4.78, 5) is 4.49. The SMILES string of the molecule is COc1cc(-c2cc(CNc3ccc(Cl)cc3)ccn2)cc(OC)c1OC. The molecule has 0 aliphatic carbocycles. The van der Waals surface area contributed by atoms with E-state index in [1.54, 1.807) is 27.5 Å². The van der Waals surface area contributed by atoms with E-state index >= 15 is 0 Å². The van der Waals surface area contributed by atoms with Crippen molar-refractivity contribution >= 4 is 17.3 Å². The highest BCUT2D eigenvalue weighted by atomic mass is 35.5. The van der Waals surface area contributed by atoms with E-state index in [1.807, 2.05) is 48.5 Å². The summed E-state index contributed by atoms with van der Waals surface area (Å²) in [5.74, 6) is 1.75. The normalized spacial score (nSPS) is 10.4. The van der Waals surface area contributed by atoms with Gasteiger partial charge in [0.05, 0.1) is 27.0 Å². The third-order valence-electron chi connectivity index (χ3n) is 4.13. The van der Waals surface area contributed by atoms with Crippen molar-refractivity contribution in [2.24, 2.45) is 0 Å². The molecule has 0 radical (unpaired) electrons. The van der Waals surface area contributed by atoms with E-state index in [4.69, 9.17) is 25.8 Å². The Bertz CT molecular complexity index is 889. The minimum atomic E-state index is 0.560. The van der Waals surface area contributed by atoms with Gasteiger partial charge in [-0.25, -0.2) is 0 Å². The van der Waals surface area contributed by atoms with Crippen LogP contribution in [0.5, 0.6) is 17.2 Å². The second-order valence-electron chi connectivity index (χ2n) is 5.82. The van der Waals surface area contributed by atoms with Gasteiger partial charge >= 0.3 is 0 Å². The first-order valence-electron chi connectivity index (χ1n) is 8.39. The molecule has 3 rings (SSSR count). The molecule has 5 nitrogen and oxygen atoms in total. The van der Waals surface area contributed by atoms with Gasteiger partial charge in [0, 0.05) is 29.0 Å². The van der Waals surface area contributed by atoms with Gasteiger partial charge in [0.15, 0.2) is 11.5 Å². The maximum absolute atomic E-state index is 5.92. The third kappa shape index (κ3) is 4.44. The van der Waals surface area contributed by atoms with Crippen molar-refractivity contribution in [3.8, 4) is 28.5 Å². The van der Waals surface area contributed by atoms with Gasteiger partial charge in [0.25, 0.3) is 0 Å². The number of rotatable bonds is 7. The Morgan fingerprint density at radius 3 is 2.15 bits per heavy atom. The molecule has 3 aromatic rings. The summed E-state index contributed by atoms with van der Waals surface area (Å²) in [5, 5.41) is 4.09. The second kappa shape index (κ2) is 8.64. The van der Waals surface area contributed by atoms with Crippen molar-refractivity contribution in [1.29, 1.82) is 0 Å². The van der Waals surface area contributed by atoms with Crippen molar-refractivity contribution in [2.45, 2.75) is 6.54 Å². The Labute approximate surface area is 163 Å². The van der Waals surface area contributed by atoms with E-state index in [0.29, 0.717) is 28.8 Å². The van der Waals surface area contributed by atoms with Crippen LogP contribution in [0, 0.1) is 0 Å². The molecule has 0 fully saturated rings. The molecule has 0 bridgehead atoms. The maximum Gasteiger partial charge on any atom is 0.203 e. The maximum atomic E-state index is 5.92. The van der Waals surface area contributed by atoms with Crippen LogP contribution in [-0.2, 0) is 6.54 Å². The van der Waals surface area contributed by atoms with Gasteiger partial charge in [-0.2, -0.15) is 0 Å². The van der Waals surface area contributed by atoms with Gasteiger partial charge in [-0.1, -0.05) is 11.6 Å². The fraction of sp³-hybridized carbons (Fsp3) is 0.190. The lowest BCUT2D eigenvalue weighted by Gasteiger charge is -2.14. The fourth-order valence-corrected chi connectivity index (χ4v) is 2.87. The number of methoxy groups -OCH3 is 3. The molecule has 0 amide bonds. The first-order chi connectivity index (χ1) is 13.1.